The van der Waals surface area contributed by atoms with Gasteiger partial charge in [-0.15, -0.1) is 5.10 Å². The van der Waals surface area contributed by atoms with Gasteiger partial charge >= 0.3 is 0 Å². The van der Waals surface area contributed by atoms with Crippen LogP contribution < -0.4 is 5.32 Å². The molecule has 2 aromatic carbocycles. The molecular weight excluding hydrogens is 372 g/mol. The van der Waals surface area contributed by atoms with E-state index >= 15 is 0 Å². The Morgan fingerprint density at radius 1 is 1.27 bits per heavy atom. The summed E-state index contributed by atoms with van der Waals surface area (Å²) in [6.07, 6.45) is 0. The topological polar surface area (TPSA) is 96.5 Å². The molecule has 1 amide bonds. The number of tetrazole rings is 1. The second-order valence-corrected chi connectivity index (χ2v) is 7.00. The molecule has 1 heterocycles. The highest BCUT2D eigenvalue weighted by atomic mass is 35.5. The van der Waals surface area contributed by atoms with Crippen LogP contribution in [-0.4, -0.2) is 31.4 Å². The zero-order valence-corrected chi connectivity index (χ0v) is 15.2. The lowest BCUT2D eigenvalue weighted by Gasteiger charge is -2.12. The molecule has 0 saturated heterocycles. The molecule has 0 bridgehead atoms. The van der Waals surface area contributed by atoms with Crippen molar-refractivity contribution in [3.63, 3.8) is 0 Å². The van der Waals surface area contributed by atoms with Crippen molar-refractivity contribution in [1.82, 2.24) is 20.2 Å². The van der Waals surface area contributed by atoms with Gasteiger partial charge in [-0.2, -0.15) is 9.94 Å². The van der Waals surface area contributed by atoms with E-state index in [-0.39, 0.29) is 5.91 Å². The van der Waals surface area contributed by atoms with E-state index in [0.29, 0.717) is 21.4 Å². The van der Waals surface area contributed by atoms with Gasteiger partial charge in [0.1, 0.15) is 6.07 Å². The average Bonchev–Trinajstić information content (AvgIpc) is 3.10. The highest BCUT2D eigenvalue weighted by Gasteiger charge is 2.20. The predicted molar refractivity (Wildman–Crippen MR) is 99.3 cm³/mol. The van der Waals surface area contributed by atoms with Crippen molar-refractivity contribution in [1.29, 1.82) is 5.26 Å². The fourth-order valence-electron chi connectivity index (χ4n) is 2.13. The molecule has 0 aliphatic heterocycles. The van der Waals surface area contributed by atoms with Gasteiger partial charge in [-0.3, -0.25) is 4.79 Å². The molecule has 0 spiro atoms. The van der Waals surface area contributed by atoms with Crippen molar-refractivity contribution < 1.29 is 4.79 Å². The van der Waals surface area contributed by atoms with Crippen LogP contribution in [0.4, 0.5) is 5.69 Å². The van der Waals surface area contributed by atoms with Gasteiger partial charge in [-0.25, -0.2) is 0 Å². The van der Waals surface area contributed by atoms with Gasteiger partial charge in [0.05, 0.1) is 22.2 Å². The van der Waals surface area contributed by atoms with Crippen LogP contribution in [0.1, 0.15) is 12.5 Å². The summed E-state index contributed by atoms with van der Waals surface area (Å²) in [5, 5.41) is 24.1. The quantitative estimate of drug-likeness (QED) is 0.678. The molecule has 0 aliphatic carbocycles. The lowest BCUT2D eigenvalue weighted by molar-refractivity contribution is -0.115. The second-order valence-electron chi connectivity index (χ2n) is 5.26. The number of carbonyl (C=O) groups excluding carboxylic acids is 1. The maximum absolute atomic E-state index is 12.5. The number of nitrogens with one attached hydrogen (secondary N) is 1. The number of nitriles is 1. The third-order valence-corrected chi connectivity index (χ3v) is 4.75. The number of benzene rings is 2. The van der Waals surface area contributed by atoms with Gasteiger partial charge < -0.3 is 5.32 Å². The molecule has 9 heteroatoms. The fraction of sp³-hybridized carbons (Fsp3) is 0.118. The van der Waals surface area contributed by atoms with Crippen molar-refractivity contribution in [3.8, 4) is 11.8 Å². The first-order chi connectivity index (χ1) is 12.6. The maximum atomic E-state index is 12.5. The monoisotopic (exact) mass is 384 g/mol. The molecule has 3 aromatic rings. The Morgan fingerprint density at radius 3 is 2.73 bits per heavy atom. The Bertz CT molecular complexity index is 966. The molecule has 1 atom stereocenters. The lowest BCUT2D eigenvalue weighted by atomic mass is 10.2. The lowest BCUT2D eigenvalue weighted by Crippen LogP contribution is -2.23. The molecule has 1 N–H and O–H groups in total. The van der Waals surface area contributed by atoms with E-state index in [1.54, 1.807) is 55.5 Å². The minimum Gasteiger partial charge on any atom is -0.324 e. The summed E-state index contributed by atoms with van der Waals surface area (Å²) in [5.41, 5.74) is 1.62. The first kappa shape index (κ1) is 17.9. The van der Waals surface area contributed by atoms with E-state index in [2.05, 4.69) is 26.9 Å². The summed E-state index contributed by atoms with van der Waals surface area (Å²) in [5.74, 6) is -0.247. The minimum absolute atomic E-state index is 0.247. The molecule has 7 nitrogen and oxygen atoms in total. The van der Waals surface area contributed by atoms with Crippen molar-refractivity contribution in [3.05, 3.63) is 59.1 Å². The molecule has 0 aliphatic rings. The van der Waals surface area contributed by atoms with Crippen molar-refractivity contribution in [2.45, 2.75) is 17.3 Å². The van der Waals surface area contributed by atoms with Crippen LogP contribution in [0.3, 0.4) is 0 Å². The van der Waals surface area contributed by atoms with Gasteiger partial charge in [0.15, 0.2) is 0 Å². The number of hydrogen-bond donors (Lipinski definition) is 1. The van der Waals surface area contributed by atoms with Crippen molar-refractivity contribution in [2.75, 3.05) is 5.32 Å². The number of hydrogen-bond acceptors (Lipinski definition) is 6. The summed E-state index contributed by atoms with van der Waals surface area (Å²) in [6, 6.07) is 15.9. The first-order valence-electron chi connectivity index (χ1n) is 7.59. The van der Waals surface area contributed by atoms with E-state index in [4.69, 9.17) is 16.9 Å². The Labute approximate surface area is 159 Å². The highest BCUT2D eigenvalue weighted by Crippen LogP contribution is 2.25. The highest BCUT2D eigenvalue weighted by molar-refractivity contribution is 8.00. The van der Waals surface area contributed by atoms with Crippen LogP contribution in [0.25, 0.3) is 5.69 Å². The molecule has 0 radical (unpaired) electrons. The normalized spacial score (nSPS) is 11.6. The van der Waals surface area contributed by atoms with E-state index in [0.717, 1.165) is 5.69 Å². The van der Waals surface area contributed by atoms with E-state index in [1.165, 1.54) is 16.4 Å². The summed E-state index contributed by atoms with van der Waals surface area (Å²) in [6.45, 7) is 1.75. The summed E-state index contributed by atoms with van der Waals surface area (Å²) in [4.78, 5) is 12.5. The van der Waals surface area contributed by atoms with Gasteiger partial charge in [0.2, 0.25) is 11.1 Å². The number of thioether (sulfide) groups is 1. The Morgan fingerprint density at radius 2 is 2.00 bits per heavy atom. The molecule has 130 valence electrons. The standard InChI is InChI=1S/C17H13ClN6OS/c1-11(16(25)20-15-5-3-2-4-12(15)10-19)26-17-21-22-23-24(17)14-8-6-13(18)7-9-14/h2-9,11H,1H3,(H,20,25). The smallest absolute Gasteiger partial charge is 0.237 e. The SMILES string of the molecule is CC(Sc1nnnn1-c1ccc(Cl)cc1)C(=O)Nc1ccccc1C#N. The summed E-state index contributed by atoms with van der Waals surface area (Å²) >= 11 is 7.11. The molecule has 0 saturated carbocycles. The number of anilines is 1. The van der Waals surface area contributed by atoms with Gasteiger partial charge in [-0.1, -0.05) is 35.5 Å². The van der Waals surface area contributed by atoms with E-state index in [1.807, 2.05) is 0 Å². The van der Waals surface area contributed by atoms with Crippen molar-refractivity contribution in [2.24, 2.45) is 0 Å². The van der Waals surface area contributed by atoms with E-state index in [9.17, 15) is 4.79 Å². The zero-order valence-electron chi connectivity index (χ0n) is 13.6. The Kier molecular flexibility index (Phi) is 5.51. The van der Waals surface area contributed by atoms with Crippen LogP contribution >= 0.6 is 23.4 Å². The maximum Gasteiger partial charge on any atom is 0.237 e. The third-order valence-electron chi connectivity index (χ3n) is 3.47. The number of nitrogens with zero attached hydrogens (tertiary/aromatic N) is 5. The van der Waals surface area contributed by atoms with Crippen LogP contribution in [-0.2, 0) is 4.79 Å². The Hall–Kier alpha value is -2.89. The van der Waals surface area contributed by atoms with Crippen LogP contribution in [0.5, 0.6) is 0 Å². The van der Waals surface area contributed by atoms with Gasteiger partial charge in [-0.05, 0) is 53.7 Å². The number of carbonyl (C=O) groups is 1. The molecule has 1 unspecified atom stereocenters. The number of aromatic nitrogens is 4. The molecule has 26 heavy (non-hydrogen) atoms. The molecular formula is C17H13ClN6OS. The third kappa shape index (κ3) is 4.02. The predicted octanol–water partition coefficient (Wildman–Crippen LogP) is 3.31. The number of rotatable bonds is 5. The van der Waals surface area contributed by atoms with Gasteiger partial charge in [0, 0.05) is 5.02 Å². The summed E-state index contributed by atoms with van der Waals surface area (Å²) < 4.78 is 1.54. The minimum atomic E-state index is -0.473. The molecule has 0 fully saturated rings. The van der Waals surface area contributed by atoms with Crippen LogP contribution in [0, 0.1) is 11.3 Å². The summed E-state index contributed by atoms with van der Waals surface area (Å²) in [7, 11) is 0. The van der Waals surface area contributed by atoms with Crippen LogP contribution in [0.2, 0.25) is 5.02 Å². The van der Waals surface area contributed by atoms with Gasteiger partial charge in [0.25, 0.3) is 0 Å². The number of amides is 1. The number of halogens is 1. The largest absolute Gasteiger partial charge is 0.324 e. The number of para-hydroxylation sites is 1. The second kappa shape index (κ2) is 7.99. The molecule has 1 aromatic heterocycles. The van der Waals surface area contributed by atoms with E-state index < -0.39 is 5.25 Å². The Balaban J connectivity index is 1.73. The van der Waals surface area contributed by atoms with Crippen molar-refractivity contribution >= 4 is 35.0 Å². The first-order valence-corrected chi connectivity index (χ1v) is 8.85. The molecule has 3 rings (SSSR count). The zero-order chi connectivity index (χ0) is 18.5. The fourth-order valence-corrected chi connectivity index (χ4v) is 3.07. The average molecular weight is 385 g/mol. The van der Waals surface area contributed by atoms with Crippen LogP contribution in [0.15, 0.2) is 53.7 Å².